The van der Waals surface area contributed by atoms with Gasteiger partial charge in [0.2, 0.25) is 0 Å². The summed E-state index contributed by atoms with van der Waals surface area (Å²) in [6.45, 7) is 1.06. The third-order valence-electron chi connectivity index (χ3n) is 1.96. The molecule has 0 unspecified atom stereocenters. The Morgan fingerprint density at radius 3 is 3.25 bits per heavy atom. The van der Waals surface area contributed by atoms with Crippen molar-refractivity contribution >= 4 is 12.1 Å². The van der Waals surface area contributed by atoms with Gasteiger partial charge in [0.1, 0.15) is 5.70 Å². The number of allylic oxidation sites excluding steroid dienone is 2. The highest BCUT2D eigenvalue weighted by molar-refractivity contribution is 6.11. The smallest absolute Gasteiger partial charge is 0.293 e. The maximum Gasteiger partial charge on any atom is 0.293 e. The monoisotopic (exact) mass is 163 g/mol. The molecule has 2 N–H and O–H groups in total. The first-order valence-corrected chi connectivity index (χ1v) is 3.77. The topological polar surface area (TPSA) is 58.7 Å². The second kappa shape index (κ2) is 2.57. The van der Waals surface area contributed by atoms with Crippen LogP contribution in [0.3, 0.4) is 0 Å². The summed E-state index contributed by atoms with van der Waals surface area (Å²) in [7, 11) is 0. The van der Waals surface area contributed by atoms with E-state index in [2.05, 4.69) is 4.99 Å². The van der Waals surface area contributed by atoms with E-state index in [0.29, 0.717) is 18.9 Å². The Balaban J connectivity index is 2.39. The van der Waals surface area contributed by atoms with Gasteiger partial charge in [0.25, 0.3) is 5.91 Å². The molecule has 1 amide bonds. The van der Waals surface area contributed by atoms with E-state index in [1.54, 1.807) is 6.21 Å². The molecule has 0 aromatic rings. The first kappa shape index (κ1) is 7.24. The molecule has 0 atom stereocenters. The molecule has 0 spiro atoms. The summed E-state index contributed by atoms with van der Waals surface area (Å²) in [6, 6.07) is 0. The zero-order valence-electron chi connectivity index (χ0n) is 6.53. The molecule has 4 nitrogen and oxygen atoms in total. The minimum Gasteiger partial charge on any atom is -0.350 e. The second-order valence-electron chi connectivity index (χ2n) is 2.67. The molecule has 0 fully saturated rings. The van der Waals surface area contributed by atoms with E-state index in [1.165, 1.54) is 0 Å². The molecule has 0 radical (unpaired) electrons. The molecule has 0 saturated heterocycles. The number of nitrogens with two attached hydrogens (primary N) is 1. The standard InChI is InChI=1S/C8H9N3O/c9-5-11-3-1-2-6-4-10-8(12)7(6)11/h1-2,4H,3,5,9H2. The maximum atomic E-state index is 11.2. The average Bonchev–Trinajstić information content (AvgIpc) is 2.48. The lowest BCUT2D eigenvalue weighted by atomic mass is 10.1. The van der Waals surface area contributed by atoms with Crippen LogP contribution in [0.5, 0.6) is 0 Å². The van der Waals surface area contributed by atoms with Gasteiger partial charge in [-0.1, -0.05) is 12.2 Å². The van der Waals surface area contributed by atoms with Gasteiger partial charge in [-0.05, 0) is 0 Å². The Kier molecular flexibility index (Phi) is 1.55. The lowest BCUT2D eigenvalue weighted by Gasteiger charge is -2.23. The lowest BCUT2D eigenvalue weighted by molar-refractivity contribution is -0.115. The molecule has 2 rings (SSSR count). The Morgan fingerprint density at radius 2 is 2.50 bits per heavy atom. The van der Waals surface area contributed by atoms with Crippen molar-refractivity contribution in [2.24, 2.45) is 10.7 Å². The first-order chi connectivity index (χ1) is 5.83. The van der Waals surface area contributed by atoms with Crippen LogP contribution in [0, 0.1) is 0 Å². The van der Waals surface area contributed by atoms with E-state index in [1.807, 2.05) is 17.1 Å². The summed E-state index contributed by atoms with van der Waals surface area (Å²) in [4.78, 5) is 16.7. The van der Waals surface area contributed by atoms with Crippen molar-refractivity contribution in [3.63, 3.8) is 0 Å². The van der Waals surface area contributed by atoms with Crippen LogP contribution in [0.2, 0.25) is 0 Å². The van der Waals surface area contributed by atoms with E-state index in [0.717, 1.165) is 5.57 Å². The first-order valence-electron chi connectivity index (χ1n) is 3.77. The normalized spacial score (nSPS) is 20.8. The predicted molar refractivity (Wildman–Crippen MR) is 45.4 cm³/mol. The van der Waals surface area contributed by atoms with Crippen LogP contribution in [-0.2, 0) is 4.79 Å². The third-order valence-corrected chi connectivity index (χ3v) is 1.96. The number of carbonyl (C=O) groups is 1. The van der Waals surface area contributed by atoms with Crippen molar-refractivity contribution in [2.45, 2.75) is 0 Å². The van der Waals surface area contributed by atoms with Crippen LogP contribution in [0.1, 0.15) is 0 Å². The van der Waals surface area contributed by atoms with Gasteiger partial charge < -0.3 is 10.6 Å². The Labute approximate surface area is 70.1 Å². The number of rotatable bonds is 1. The number of aliphatic imine (C=N–C) groups is 1. The average molecular weight is 163 g/mol. The summed E-state index contributed by atoms with van der Waals surface area (Å²) in [5.74, 6) is -0.181. The summed E-state index contributed by atoms with van der Waals surface area (Å²) >= 11 is 0. The SMILES string of the molecule is NCN1CC=CC2=C1C(=O)N=C2. The van der Waals surface area contributed by atoms with Crippen molar-refractivity contribution in [2.75, 3.05) is 13.2 Å². The number of nitrogens with zero attached hydrogens (tertiary/aromatic N) is 2. The minimum atomic E-state index is -0.181. The Morgan fingerprint density at radius 1 is 1.67 bits per heavy atom. The number of amides is 1. The number of carbonyl (C=O) groups excluding carboxylic acids is 1. The maximum absolute atomic E-state index is 11.2. The van der Waals surface area contributed by atoms with Crippen LogP contribution in [0.15, 0.2) is 28.4 Å². The van der Waals surface area contributed by atoms with Crippen LogP contribution in [0.4, 0.5) is 0 Å². The highest BCUT2D eigenvalue weighted by Crippen LogP contribution is 2.20. The summed E-state index contributed by atoms with van der Waals surface area (Å²) in [5, 5.41) is 0. The molecular weight excluding hydrogens is 154 g/mol. The van der Waals surface area contributed by atoms with Gasteiger partial charge in [-0.25, -0.2) is 4.99 Å². The fourth-order valence-electron chi connectivity index (χ4n) is 1.38. The molecule has 2 heterocycles. The molecule has 0 saturated carbocycles. The minimum absolute atomic E-state index is 0.181. The molecule has 2 aliphatic heterocycles. The van der Waals surface area contributed by atoms with E-state index < -0.39 is 0 Å². The van der Waals surface area contributed by atoms with Crippen molar-refractivity contribution in [3.8, 4) is 0 Å². The van der Waals surface area contributed by atoms with Crippen LogP contribution >= 0.6 is 0 Å². The molecule has 62 valence electrons. The number of hydrogen-bond acceptors (Lipinski definition) is 3. The van der Waals surface area contributed by atoms with E-state index in [9.17, 15) is 4.79 Å². The fraction of sp³-hybridized carbons (Fsp3) is 0.250. The molecule has 0 aromatic heterocycles. The van der Waals surface area contributed by atoms with Crippen molar-refractivity contribution in [1.82, 2.24) is 4.90 Å². The summed E-state index contributed by atoms with van der Waals surface area (Å²) in [6.07, 6.45) is 5.45. The predicted octanol–water partition coefficient (Wildman–Crippen LogP) is -0.361. The van der Waals surface area contributed by atoms with Crippen LogP contribution in [-0.4, -0.2) is 30.2 Å². The Bertz CT molecular complexity index is 314. The zero-order valence-corrected chi connectivity index (χ0v) is 6.53. The van der Waals surface area contributed by atoms with Crippen LogP contribution < -0.4 is 5.73 Å². The molecule has 0 aromatic carbocycles. The van der Waals surface area contributed by atoms with Gasteiger partial charge in [0.15, 0.2) is 0 Å². The Hall–Kier alpha value is -1.42. The van der Waals surface area contributed by atoms with E-state index >= 15 is 0 Å². The lowest BCUT2D eigenvalue weighted by Crippen LogP contribution is -2.33. The van der Waals surface area contributed by atoms with Crippen molar-refractivity contribution < 1.29 is 4.79 Å². The van der Waals surface area contributed by atoms with E-state index in [4.69, 9.17) is 5.73 Å². The molecule has 2 aliphatic rings. The summed E-state index contributed by atoms with van der Waals surface area (Å²) in [5.41, 5.74) is 6.98. The fourth-order valence-corrected chi connectivity index (χ4v) is 1.38. The van der Waals surface area contributed by atoms with Crippen molar-refractivity contribution in [1.29, 1.82) is 0 Å². The van der Waals surface area contributed by atoms with Crippen LogP contribution in [0.25, 0.3) is 0 Å². The van der Waals surface area contributed by atoms with Gasteiger partial charge in [0.05, 0.1) is 6.67 Å². The quantitative estimate of drug-likeness (QED) is 0.574. The summed E-state index contributed by atoms with van der Waals surface area (Å²) < 4.78 is 0. The van der Waals surface area contributed by atoms with Gasteiger partial charge in [0, 0.05) is 18.3 Å². The molecule has 0 aliphatic carbocycles. The highest BCUT2D eigenvalue weighted by atomic mass is 16.1. The zero-order chi connectivity index (χ0) is 8.55. The molecule has 4 heteroatoms. The van der Waals surface area contributed by atoms with Gasteiger partial charge in [-0.2, -0.15) is 0 Å². The highest BCUT2D eigenvalue weighted by Gasteiger charge is 2.24. The molecule has 12 heavy (non-hydrogen) atoms. The van der Waals surface area contributed by atoms with Gasteiger partial charge in [-0.3, -0.25) is 4.79 Å². The molecular formula is C8H9N3O. The third kappa shape index (κ3) is 0.887. The largest absolute Gasteiger partial charge is 0.350 e. The second-order valence-corrected chi connectivity index (χ2v) is 2.67. The van der Waals surface area contributed by atoms with Crippen molar-refractivity contribution in [3.05, 3.63) is 23.4 Å². The molecule has 0 bridgehead atoms. The number of hydrogen-bond donors (Lipinski definition) is 1. The van der Waals surface area contributed by atoms with Gasteiger partial charge >= 0.3 is 0 Å². The van der Waals surface area contributed by atoms with Gasteiger partial charge in [-0.15, -0.1) is 0 Å². The van der Waals surface area contributed by atoms with E-state index in [-0.39, 0.29) is 5.91 Å².